The Kier molecular flexibility index (Phi) is 5.89. The molecule has 0 spiro atoms. The van der Waals surface area contributed by atoms with Crippen molar-refractivity contribution >= 4 is 17.6 Å². The molecule has 0 atom stereocenters. The monoisotopic (exact) mass is 372 g/mol. The van der Waals surface area contributed by atoms with Crippen molar-refractivity contribution in [2.24, 2.45) is 11.3 Å². The van der Waals surface area contributed by atoms with Gasteiger partial charge in [0.25, 0.3) is 0 Å². The summed E-state index contributed by atoms with van der Waals surface area (Å²) >= 11 is 0. The first-order valence-corrected chi connectivity index (χ1v) is 10.1. The largest absolute Gasteiger partial charge is 0.481 e. The first kappa shape index (κ1) is 19.9. The van der Waals surface area contributed by atoms with Gasteiger partial charge in [0.1, 0.15) is 0 Å². The number of carboxylic acids is 1. The fourth-order valence-electron chi connectivity index (χ4n) is 4.11. The molecule has 3 rings (SSSR count). The van der Waals surface area contributed by atoms with E-state index in [9.17, 15) is 9.59 Å². The number of hydrogen-bond acceptors (Lipinski definition) is 3. The maximum atomic E-state index is 12.8. The number of aliphatic carboxylic acids is 1. The van der Waals surface area contributed by atoms with Gasteiger partial charge in [0.15, 0.2) is 0 Å². The maximum absolute atomic E-state index is 12.8. The van der Waals surface area contributed by atoms with Gasteiger partial charge >= 0.3 is 5.97 Å². The van der Waals surface area contributed by atoms with E-state index < -0.39 is 5.97 Å². The van der Waals surface area contributed by atoms with E-state index in [0.717, 1.165) is 64.0 Å². The van der Waals surface area contributed by atoms with E-state index in [4.69, 9.17) is 5.11 Å². The average Bonchev–Trinajstić information content (AvgIpc) is 2.64. The number of benzene rings is 1. The predicted octanol–water partition coefficient (Wildman–Crippen LogP) is 3.35. The lowest BCUT2D eigenvalue weighted by Crippen LogP contribution is -2.42. The van der Waals surface area contributed by atoms with Crippen LogP contribution in [0, 0.1) is 11.3 Å². The normalized spacial score (nSPS) is 19.0. The van der Waals surface area contributed by atoms with Crippen molar-refractivity contribution < 1.29 is 14.7 Å². The Hall–Kier alpha value is -1.88. The summed E-state index contributed by atoms with van der Waals surface area (Å²) in [6.07, 6.45) is 4.52. The first-order valence-electron chi connectivity index (χ1n) is 10.1. The predicted molar refractivity (Wildman–Crippen MR) is 107 cm³/mol. The Balaban J connectivity index is 1.61. The van der Waals surface area contributed by atoms with Gasteiger partial charge in [0, 0.05) is 24.2 Å². The molecule has 0 aliphatic carbocycles. The van der Waals surface area contributed by atoms with E-state index in [1.165, 1.54) is 11.1 Å². The van der Waals surface area contributed by atoms with Crippen LogP contribution in [0.4, 0.5) is 5.69 Å². The fourth-order valence-corrected chi connectivity index (χ4v) is 4.11. The number of hydrogen-bond donors (Lipinski definition) is 1. The molecule has 1 aromatic rings. The van der Waals surface area contributed by atoms with Gasteiger partial charge in [0.05, 0.1) is 5.92 Å². The van der Waals surface area contributed by atoms with Crippen LogP contribution in [0.3, 0.4) is 0 Å². The van der Waals surface area contributed by atoms with E-state index in [0.29, 0.717) is 0 Å². The molecule has 5 heteroatoms. The molecule has 5 nitrogen and oxygen atoms in total. The molecule has 1 aromatic carbocycles. The SMILES string of the molecule is CC(C)(C)C(=O)N1CCCc2cc(CCN3CCC(C(=O)O)CC3)ccc21. The van der Waals surface area contributed by atoms with Crippen molar-refractivity contribution in [2.75, 3.05) is 31.1 Å². The Bertz CT molecular complexity index is 700. The van der Waals surface area contributed by atoms with Crippen LogP contribution in [0.2, 0.25) is 0 Å². The number of carboxylic acid groups (broad SMARTS) is 1. The van der Waals surface area contributed by atoms with Crippen LogP contribution in [0.1, 0.15) is 51.2 Å². The van der Waals surface area contributed by atoms with Crippen molar-refractivity contribution in [3.8, 4) is 0 Å². The Morgan fingerprint density at radius 3 is 2.48 bits per heavy atom. The highest BCUT2D eigenvalue weighted by atomic mass is 16.4. The minimum absolute atomic E-state index is 0.170. The maximum Gasteiger partial charge on any atom is 0.306 e. The second kappa shape index (κ2) is 8.01. The lowest BCUT2D eigenvalue weighted by molar-refractivity contribution is -0.143. The molecule has 1 fully saturated rings. The van der Waals surface area contributed by atoms with Crippen LogP contribution in [-0.4, -0.2) is 48.1 Å². The highest BCUT2D eigenvalue weighted by Crippen LogP contribution is 2.32. The second-order valence-electron chi connectivity index (χ2n) is 8.98. The summed E-state index contributed by atoms with van der Waals surface area (Å²) in [7, 11) is 0. The van der Waals surface area contributed by atoms with Crippen LogP contribution in [0.5, 0.6) is 0 Å². The molecule has 0 aromatic heterocycles. The number of carbonyl (C=O) groups excluding carboxylic acids is 1. The van der Waals surface area contributed by atoms with Crippen molar-refractivity contribution in [1.82, 2.24) is 4.90 Å². The minimum Gasteiger partial charge on any atom is -0.481 e. The number of anilines is 1. The lowest BCUT2D eigenvalue weighted by atomic mass is 9.91. The molecule has 148 valence electrons. The molecule has 0 saturated carbocycles. The molecular formula is C22H32N2O3. The minimum atomic E-state index is -0.654. The van der Waals surface area contributed by atoms with Crippen molar-refractivity contribution in [3.63, 3.8) is 0 Å². The molecule has 1 saturated heterocycles. The summed E-state index contributed by atoms with van der Waals surface area (Å²) in [6, 6.07) is 6.53. The van der Waals surface area contributed by atoms with Crippen LogP contribution in [-0.2, 0) is 22.4 Å². The van der Waals surface area contributed by atoms with Crippen LogP contribution in [0.15, 0.2) is 18.2 Å². The van der Waals surface area contributed by atoms with E-state index in [1.54, 1.807) is 0 Å². The number of nitrogens with zero attached hydrogens (tertiary/aromatic N) is 2. The third kappa shape index (κ3) is 4.70. The summed E-state index contributed by atoms with van der Waals surface area (Å²) in [4.78, 5) is 28.1. The summed E-state index contributed by atoms with van der Waals surface area (Å²) in [6.45, 7) is 9.45. The summed E-state index contributed by atoms with van der Waals surface area (Å²) in [5, 5.41) is 9.11. The number of aryl methyl sites for hydroxylation is 1. The zero-order valence-electron chi connectivity index (χ0n) is 16.8. The molecule has 0 unspecified atom stereocenters. The molecule has 0 radical (unpaired) electrons. The highest BCUT2D eigenvalue weighted by Gasteiger charge is 2.31. The van der Waals surface area contributed by atoms with Gasteiger partial charge in [-0.25, -0.2) is 0 Å². The van der Waals surface area contributed by atoms with Crippen LogP contribution in [0.25, 0.3) is 0 Å². The van der Waals surface area contributed by atoms with Gasteiger partial charge in [0.2, 0.25) is 5.91 Å². The van der Waals surface area contributed by atoms with E-state index in [2.05, 4.69) is 23.1 Å². The first-order chi connectivity index (χ1) is 12.8. The smallest absolute Gasteiger partial charge is 0.306 e. The average molecular weight is 373 g/mol. The summed E-state index contributed by atoms with van der Waals surface area (Å²) in [5.41, 5.74) is 3.29. The molecule has 2 heterocycles. The zero-order valence-corrected chi connectivity index (χ0v) is 16.8. The number of piperidine rings is 1. The van der Waals surface area contributed by atoms with E-state index in [-0.39, 0.29) is 17.2 Å². The number of amides is 1. The van der Waals surface area contributed by atoms with Gasteiger partial charge in [-0.2, -0.15) is 0 Å². The number of rotatable bonds is 4. The van der Waals surface area contributed by atoms with Gasteiger partial charge in [-0.05, 0) is 62.4 Å². The van der Waals surface area contributed by atoms with Crippen molar-refractivity contribution in [3.05, 3.63) is 29.3 Å². The molecule has 2 aliphatic rings. The van der Waals surface area contributed by atoms with Gasteiger partial charge < -0.3 is 14.9 Å². The third-order valence-electron chi connectivity index (χ3n) is 5.80. The molecule has 1 amide bonds. The van der Waals surface area contributed by atoms with Crippen LogP contribution < -0.4 is 4.90 Å². The summed E-state index contributed by atoms with van der Waals surface area (Å²) < 4.78 is 0. The standard InChI is InChI=1S/C22H32N2O3/c1-22(2,3)21(27)24-11-4-5-18-15-16(6-7-19(18)24)8-12-23-13-9-17(10-14-23)20(25)26/h6-7,15,17H,4-5,8-14H2,1-3H3,(H,25,26). The van der Waals surface area contributed by atoms with Crippen LogP contribution >= 0.6 is 0 Å². The Morgan fingerprint density at radius 2 is 1.85 bits per heavy atom. The number of carbonyl (C=O) groups is 2. The zero-order chi connectivity index (χ0) is 19.6. The summed E-state index contributed by atoms with van der Waals surface area (Å²) in [5.74, 6) is -0.632. The van der Waals surface area contributed by atoms with E-state index in [1.807, 2.05) is 25.7 Å². The van der Waals surface area contributed by atoms with Gasteiger partial charge in [-0.15, -0.1) is 0 Å². The fraction of sp³-hybridized carbons (Fsp3) is 0.636. The lowest BCUT2D eigenvalue weighted by Gasteiger charge is -2.34. The molecule has 0 bridgehead atoms. The molecule has 27 heavy (non-hydrogen) atoms. The van der Waals surface area contributed by atoms with E-state index >= 15 is 0 Å². The number of likely N-dealkylation sites (tertiary alicyclic amines) is 1. The van der Waals surface area contributed by atoms with Crippen molar-refractivity contribution in [2.45, 2.75) is 52.9 Å². The highest BCUT2D eigenvalue weighted by molar-refractivity contribution is 5.98. The molecular weight excluding hydrogens is 340 g/mol. The topological polar surface area (TPSA) is 60.9 Å². The van der Waals surface area contributed by atoms with Crippen molar-refractivity contribution in [1.29, 1.82) is 0 Å². The third-order valence-corrected chi connectivity index (χ3v) is 5.80. The molecule has 2 aliphatic heterocycles. The van der Waals surface area contributed by atoms with Gasteiger partial charge in [-0.1, -0.05) is 32.9 Å². The second-order valence-corrected chi connectivity index (χ2v) is 8.98. The quantitative estimate of drug-likeness (QED) is 0.880. The van der Waals surface area contributed by atoms with Gasteiger partial charge in [-0.3, -0.25) is 9.59 Å². The number of fused-ring (bicyclic) bond motifs is 1. The Labute approximate surface area is 162 Å². The Morgan fingerprint density at radius 1 is 1.15 bits per heavy atom. The molecule has 1 N–H and O–H groups in total.